The lowest BCUT2D eigenvalue weighted by Crippen LogP contribution is -2.36. The molecule has 1 aliphatic heterocycles. The minimum absolute atomic E-state index is 0.0332. The molecule has 4 heteroatoms. The Kier molecular flexibility index (Phi) is 5.29. The van der Waals surface area contributed by atoms with Crippen LogP contribution < -0.4 is 10.2 Å². The number of carbonyl (C=O) groups is 2. The molecule has 2 amide bonds. The highest BCUT2D eigenvalue weighted by Crippen LogP contribution is 2.36. The number of hydrogen-bond acceptors (Lipinski definition) is 2. The minimum atomic E-state index is -0.0332. The highest BCUT2D eigenvalue weighted by atomic mass is 16.2. The third kappa shape index (κ3) is 4.38. The van der Waals surface area contributed by atoms with E-state index in [1.165, 1.54) is 5.56 Å². The molecule has 1 heterocycles. The highest BCUT2D eigenvalue weighted by molar-refractivity contribution is 5.98. The predicted octanol–water partition coefficient (Wildman–Crippen LogP) is 5.22. The number of carbonyl (C=O) groups excluding carboxylic acids is 2. The van der Waals surface area contributed by atoms with Crippen molar-refractivity contribution >= 4 is 23.2 Å². The molecule has 0 bridgehead atoms. The Morgan fingerprint density at radius 1 is 0.903 bits per heavy atom. The lowest BCUT2D eigenvalue weighted by molar-refractivity contribution is -0.120. The summed E-state index contributed by atoms with van der Waals surface area (Å²) in [5, 5.41) is 3.02. The molecule has 0 atom stereocenters. The van der Waals surface area contributed by atoms with Crippen molar-refractivity contribution in [3.63, 3.8) is 0 Å². The minimum Gasteiger partial charge on any atom is -0.326 e. The van der Waals surface area contributed by atoms with E-state index < -0.39 is 0 Å². The number of hydrogen-bond donors (Lipinski definition) is 1. The first-order chi connectivity index (χ1) is 15.2. The Hall–Kier alpha value is -3.40. The fourth-order valence-corrected chi connectivity index (χ4v) is 4.29. The van der Waals surface area contributed by atoms with Gasteiger partial charge in [-0.15, -0.1) is 0 Å². The van der Waals surface area contributed by atoms with Gasteiger partial charge in [-0.25, -0.2) is 0 Å². The van der Waals surface area contributed by atoms with E-state index in [4.69, 9.17) is 0 Å². The van der Waals surface area contributed by atoms with E-state index in [-0.39, 0.29) is 17.7 Å². The standard InChI is InChI=1S/C27H26N2O2/c30-26(17-19-8-10-21(11-9-19)20-5-2-1-3-6-20)28-24-14-15-25-23(18-24)7-4-16-29(25)27(31)22-12-13-22/h1-3,5-6,8-11,14-15,18,22H,4,7,12-13,16-17H2,(H,28,30). The molecule has 1 fully saturated rings. The van der Waals surface area contributed by atoms with Crippen LogP contribution in [0.2, 0.25) is 0 Å². The summed E-state index contributed by atoms with van der Waals surface area (Å²) in [6.45, 7) is 0.799. The Balaban J connectivity index is 1.24. The van der Waals surface area contributed by atoms with Crippen molar-refractivity contribution in [2.75, 3.05) is 16.8 Å². The summed E-state index contributed by atoms with van der Waals surface area (Å²) in [6.07, 6.45) is 4.28. The monoisotopic (exact) mass is 410 g/mol. The fourth-order valence-electron chi connectivity index (χ4n) is 4.29. The molecule has 1 aliphatic carbocycles. The van der Waals surface area contributed by atoms with Crippen LogP contribution in [0, 0.1) is 5.92 Å². The summed E-state index contributed by atoms with van der Waals surface area (Å²) < 4.78 is 0. The van der Waals surface area contributed by atoms with Gasteiger partial charge >= 0.3 is 0 Å². The highest BCUT2D eigenvalue weighted by Gasteiger charge is 2.35. The summed E-state index contributed by atoms with van der Waals surface area (Å²) in [5.41, 5.74) is 6.25. The van der Waals surface area contributed by atoms with Gasteiger partial charge in [0.05, 0.1) is 6.42 Å². The molecule has 0 unspecified atom stereocenters. The van der Waals surface area contributed by atoms with Gasteiger partial charge in [-0.3, -0.25) is 9.59 Å². The van der Waals surface area contributed by atoms with Crippen LogP contribution in [0.25, 0.3) is 11.1 Å². The van der Waals surface area contributed by atoms with Crippen molar-refractivity contribution in [3.05, 3.63) is 83.9 Å². The molecular weight excluding hydrogens is 384 g/mol. The van der Waals surface area contributed by atoms with Gasteiger partial charge in [-0.2, -0.15) is 0 Å². The molecule has 3 aromatic rings. The Bertz CT molecular complexity index is 1100. The summed E-state index contributed by atoms with van der Waals surface area (Å²) in [4.78, 5) is 27.1. The first-order valence-corrected chi connectivity index (χ1v) is 11.1. The van der Waals surface area contributed by atoms with Gasteiger partial charge in [0, 0.05) is 23.8 Å². The Labute approximate surface area is 182 Å². The number of nitrogens with zero attached hydrogens (tertiary/aromatic N) is 1. The average Bonchev–Trinajstić information content (AvgIpc) is 3.65. The molecule has 31 heavy (non-hydrogen) atoms. The second-order valence-corrected chi connectivity index (χ2v) is 8.50. The van der Waals surface area contributed by atoms with Crippen LogP contribution in [0.5, 0.6) is 0 Å². The summed E-state index contributed by atoms with van der Waals surface area (Å²) >= 11 is 0. The van der Waals surface area contributed by atoms with Gasteiger partial charge in [-0.05, 0) is 66.1 Å². The van der Waals surface area contributed by atoms with Gasteiger partial charge in [0.1, 0.15) is 0 Å². The molecular formula is C27H26N2O2. The normalized spacial score (nSPS) is 15.3. The van der Waals surface area contributed by atoms with Gasteiger partial charge in [0.15, 0.2) is 0 Å². The Morgan fingerprint density at radius 3 is 2.39 bits per heavy atom. The van der Waals surface area contributed by atoms with Gasteiger partial charge in [0.25, 0.3) is 0 Å². The fraction of sp³-hybridized carbons (Fsp3) is 0.259. The number of benzene rings is 3. The lowest BCUT2D eigenvalue weighted by atomic mass is 10.00. The number of nitrogens with one attached hydrogen (secondary N) is 1. The van der Waals surface area contributed by atoms with Crippen LogP contribution in [-0.4, -0.2) is 18.4 Å². The quantitative estimate of drug-likeness (QED) is 0.627. The number of aryl methyl sites for hydroxylation is 1. The van der Waals surface area contributed by atoms with Gasteiger partial charge < -0.3 is 10.2 Å². The van der Waals surface area contributed by atoms with E-state index in [0.29, 0.717) is 6.42 Å². The molecule has 0 aromatic heterocycles. The summed E-state index contributed by atoms with van der Waals surface area (Å²) in [6, 6.07) is 24.3. The number of fused-ring (bicyclic) bond motifs is 1. The van der Waals surface area contributed by atoms with Gasteiger partial charge in [-0.1, -0.05) is 54.6 Å². The lowest BCUT2D eigenvalue weighted by Gasteiger charge is -2.30. The second-order valence-electron chi connectivity index (χ2n) is 8.50. The van der Waals surface area contributed by atoms with Crippen LogP contribution in [0.3, 0.4) is 0 Å². The topological polar surface area (TPSA) is 49.4 Å². The zero-order valence-electron chi connectivity index (χ0n) is 17.5. The maximum atomic E-state index is 12.6. The van der Waals surface area contributed by atoms with E-state index in [0.717, 1.165) is 60.3 Å². The Morgan fingerprint density at radius 2 is 1.65 bits per heavy atom. The average molecular weight is 411 g/mol. The van der Waals surface area contributed by atoms with Crippen LogP contribution in [0.1, 0.15) is 30.4 Å². The molecule has 156 valence electrons. The van der Waals surface area contributed by atoms with E-state index in [1.54, 1.807) is 0 Å². The molecule has 0 saturated heterocycles. The van der Waals surface area contributed by atoms with E-state index in [9.17, 15) is 9.59 Å². The number of amides is 2. The smallest absolute Gasteiger partial charge is 0.230 e. The molecule has 5 rings (SSSR count). The van der Waals surface area contributed by atoms with Crippen molar-refractivity contribution in [1.29, 1.82) is 0 Å². The van der Waals surface area contributed by atoms with Crippen molar-refractivity contribution in [2.45, 2.75) is 32.1 Å². The van der Waals surface area contributed by atoms with Crippen molar-refractivity contribution < 1.29 is 9.59 Å². The maximum Gasteiger partial charge on any atom is 0.230 e. The zero-order chi connectivity index (χ0) is 21.2. The largest absolute Gasteiger partial charge is 0.326 e. The maximum absolute atomic E-state index is 12.6. The first-order valence-electron chi connectivity index (χ1n) is 11.1. The predicted molar refractivity (Wildman–Crippen MR) is 124 cm³/mol. The zero-order valence-corrected chi connectivity index (χ0v) is 17.5. The van der Waals surface area contributed by atoms with E-state index in [2.05, 4.69) is 29.6 Å². The summed E-state index contributed by atoms with van der Waals surface area (Å²) in [5.74, 6) is 0.449. The van der Waals surface area contributed by atoms with Gasteiger partial charge in [0.2, 0.25) is 11.8 Å². The van der Waals surface area contributed by atoms with Crippen LogP contribution >= 0.6 is 0 Å². The van der Waals surface area contributed by atoms with E-state index in [1.807, 2.05) is 53.4 Å². The molecule has 1 saturated carbocycles. The molecule has 3 aromatic carbocycles. The first kappa shape index (κ1) is 19.6. The van der Waals surface area contributed by atoms with Crippen molar-refractivity contribution in [1.82, 2.24) is 0 Å². The molecule has 2 aliphatic rings. The number of rotatable bonds is 5. The molecule has 0 radical (unpaired) electrons. The molecule has 1 N–H and O–H groups in total. The molecule has 0 spiro atoms. The van der Waals surface area contributed by atoms with Crippen LogP contribution in [0.15, 0.2) is 72.8 Å². The summed E-state index contributed by atoms with van der Waals surface area (Å²) in [7, 11) is 0. The SMILES string of the molecule is O=C(Cc1ccc(-c2ccccc2)cc1)Nc1ccc2c(c1)CCCN2C(=O)C1CC1. The van der Waals surface area contributed by atoms with E-state index >= 15 is 0 Å². The third-order valence-corrected chi connectivity index (χ3v) is 6.10. The molecule has 4 nitrogen and oxygen atoms in total. The number of anilines is 2. The van der Waals surface area contributed by atoms with Crippen molar-refractivity contribution in [3.8, 4) is 11.1 Å². The van der Waals surface area contributed by atoms with Crippen molar-refractivity contribution in [2.24, 2.45) is 5.92 Å². The van der Waals surface area contributed by atoms with Crippen LogP contribution in [0.4, 0.5) is 11.4 Å². The third-order valence-electron chi connectivity index (χ3n) is 6.10. The second kappa shape index (κ2) is 8.38. The van der Waals surface area contributed by atoms with Crippen LogP contribution in [-0.2, 0) is 22.4 Å².